The molecule has 0 amide bonds. The highest BCUT2D eigenvalue weighted by Gasteiger charge is 2.36. The van der Waals surface area contributed by atoms with Crippen LogP contribution in [0.1, 0.15) is 54.0 Å². The third kappa shape index (κ3) is 7.74. The van der Waals surface area contributed by atoms with E-state index in [9.17, 15) is 0 Å². The van der Waals surface area contributed by atoms with Crippen LogP contribution in [0.4, 0.5) is 0 Å². The van der Waals surface area contributed by atoms with Gasteiger partial charge in [0.05, 0.1) is 0 Å². The summed E-state index contributed by atoms with van der Waals surface area (Å²) in [5.74, 6) is 0.341. The third-order valence-corrected chi connectivity index (χ3v) is 14.7. The summed E-state index contributed by atoms with van der Waals surface area (Å²) in [4.78, 5) is 0. The lowest BCUT2D eigenvalue weighted by molar-refractivity contribution is 0.614. The zero-order chi connectivity index (χ0) is 45.6. The standard InChI is InChI=1S/C67H52O/c1-67(2)63-42-54(47-13-5-3-6-14-47)35-38-59(63)60-39-36-55(43-64(60)67)53(41-46-24-28-52(29-25-46)58-18-10-9-17-57(58)51-15-7-4-8-16-51)30-23-45-21-26-48(27-22-45)49-31-33-50(34-32-49)56-37-40-62-61-19-11-12-20-65(61)68-66(62)44-56/h3-22,24-29,31-40,42-44,53H,23,30,41H2,1-2H3. The van der Waals surface area contributed by atoms with Gasteiger partial charge in [-0.15, -0.1) is 0 Å². The molecular formula is C67H52O. The van der Waals surface area contributed by atoms with E-state index in [0.717, 1.165) is 46.8 Å². The minimum Gasteiger partial charge on any atom is -0.456 e. The first-order chi connectivity index (χ1) is 33.4. The first-order valence-electron chi connectivity index (χ1n) is 24.1. The van der Waals surface area contributed by atoms with Gasteiger partial charge in [-0.1, -0.05) is 226 Å². The highest BCUT2D eigenvalue weighted by molar-refractivity contribution is 6.06. The Labute approximate surface area is 400 Å². The first kappa shape index (κ1) is 41.4. The van der Waals surface area contributed by atoms with Crippen molar-refractivity contribution in [2.75, 3.05) is 0 Å². The zero-order valence-corrected chi connectivity index (χ0v) is 38.6. The van der Waals surface area contributed by atoms with Crippen LogP contribution in [0.5, 0.6) is 0 Å². The average molecular weight is 873 g/mol. The van der Waals surface area contributed by atoms with Crippen molar-refractivity contribution < 1.29 is 4.42 Å². The van der Waals surface area contributed by atoms with Gasteiger partial charge in [-0.05, 0) is 144 Å². The van der Waals surface area contributed by atoms with Crippen LogP contribution in [0.2, 0.25) is 0 Å². The summed E-state index contributed by atoms with van der Waals surface area (Å²) in [6.45, 7) is 4.82. The van der Waals surface area contributed by atoms with Crippen LogP contribution in [0.25, 0.3) is 88.7 Å². The minimum atomic E-state index is -0.111. The molecule has 0 aliphatic heterocycles. The van der Waals surface area contributed by atoms with Gasteiger partial charge in [-0.2, -0.15) is 0 Å². The fourth-order valence-electron chi connectivity index (χ4n) is 10.9. The Morgan fingerprint density at radius 3 is 1.53 bits per heavy atom. The van der Waals surface area contributed by atoms with Gasteiger partial charge in [0.1, 0.15) is 11.2 Å². The second-order valence-corrected chi connectivity index (χ2v) is 19.2. The van der Waals surface area contributed by atoms with Crippen molar-refractivity contribution in [1.29, 1.82) is 0 Å². The monoisotopic (exact) mass is 872 g/mol. The van der Waals surface area contributed by atoms with E-state index < -0.39 is 0 Å². The maximum atomic E-state index is 6.20. The Bertz CT molecular complexity index is 3580. The van der Waals surface area contributed by atoms with Gasteiger partial charge >= 0.3 is 0 Å². The summed E-state index contributed by atoms with van der Waals surface area (Å²) in [7, 11) is 0. The second kappa shape index (κ2) is 17.3. The summed E-state index contributed by atoms with van der Waals surface area (Å²) in [6.07, 6.45) is 3.02. The van der Waals surface area contributed by atoms with E-state index in [0.29, 0.717) is 5.92 Å². The molecule has 0 N–H and O–H groups in total. The predicted molar refractivity (Wildman–Crippen MR) is 286 cm³/mol. The SMILES string of the molecule is CC1(C)c2cc(-c3ccccc3)ccc2-c2ccc(C(CCc3ccc(-c4ccc(-c5ccc6c(c5)oc5ccccc56)cc4)cc3)Cc3ccc(-c4ccccc4-c4ccccc4)cc3)cc21. The molecule has 1 atom stereocenters. The van der Waals surface area contributed by atoms with Gasteiger partial charge in [0, 0.05) is 16.2 Å². The fraction of sp³-hybridized carbons (Fsp3) is 0.104. The highest BCUT2D eigenvalue weighted by atomic mass is 16.3. The number of furan rings is 1. The van der Waals surface area contributed by atoms with Crippen LogP contribution in [0, 0.1) is 0 Å². The molecule has 1 nitrogen and oxygen atoms in total. The Hall–Kier alpha value is -8.00. The molecule has 0 saturated carbocycles. The molecule has 0 saturated heterocycles. The predicted octanol–water partition coefficient (Wildman–Crippen LogP) is 18.2. The van der Waals surface area contributed by atoms with E-state index in [4.69, 9.17) is 4.42 Å². The number of fused-ring (bicyclic) bond motifs is 6. The van der Waals surface area contributed by atoms with Gasteiger partial charge in [-0.3, -0.25) is 0 Å². The lowest BCUT2D eigenvalue weighted by atomic mass is 9.79. The lowest BCUT2D eigenvalue weighted by Crippen LogP contribution is -2.16. The Morgan fingerprint density at radius 1 is 0.353 bits per heavy atom. The molecule has 1 aliphatic carbocycles. The Balaban J connectivity index is 0.812. The molecule has 68 heavy (non-hydrogen) atoms. The largest absolute Gasteiger partial charge is 0.456 e. The van der Waals surface area contributed by atoms with E-state index in [1.165, 1.54) is 89.0 Å². The highest BCUT2D eigenvalue weighted by Crippen LogP contribution is 2.51. The van der Waals surface area contributed by atoms with Crippen molar-refractivity contribution in [3.05, 3.63) is 264 Å². The smallest absolute Gasteiger partial charge is 0.136 e. The molecule has 1 unspecified atom stereocenters. The maximum absolute atomic E-state index is 6.20. The summed E-state index contributed by atoms with van der Waals surface area (Å²) >= 11 is 0. The molecule has 12 rings (SSSR count). The zero-order valence-electron chi connectivity index (χ0n) is 38.6. The Morgan fingerprint density at radius 2 is 0.824 bits per heavy atom. The first-order valence-corrected chi connectivity index (χ1v) is 24.1. The molecule has 0 bridgehead atoms. The van der Waals surface area contributed by atoms with E-state index in [-0.39, 0.29) is 5.41 Å². The normalized spacial score (nSPS) is 13.1. The quantitative estimate of drug-likeness (QED) is 0.126. The van der Waals surface area contributed by atoms with Gasteiger partial charge in [-0.25, -0.2) is 0 Å². The molecule has 326 valence electrons. The van der Waals surface area contributed by atoms with Crippen LogP contribution >= 0.6 is 0 Å². The maximum Gasteiger partial charge on any atom is 0.136 e. The molecule has 1 heterocycles. The van der Waals surface area contributed by atoms with Crippen LogP contribution in [0.15, 0.2) is 241 Å². The van der Waals surface area contributed by atoms with Crippen molar-refractivity contribution in [2.24, 2.45) is 0 Å². The third-order valence-electron chi connectivity index (χ3n) is 14.7. The number of rotatable bonds is 11. The lowest BCUT2D eigenvalue weighted by Gasteiger charge is -2.25. The van der Waals surface area contributed by atoms with Crippen molar-refractivity contribution >= 4 is 21.9 Å². The van der Waals surface area contributed by atoms with Crippen LogP contribution in [-0.2, 0) is 18.3 Å². The van der Waals surface area contributed by atoms with E-state index in [2.05, 4.69) is 238 Å². The number of para-hydroxylation sites is 1. The number of benzene rings is 10. The summed E-state index contributed by atoms with van der Waals surface area (Å²) < 4.78 is 6.20. The van der Waals surface area contributed by atoms with E-state index in [1.54, 1.807) is 0 Å². The van der Waals surface area contributed by atoms with Crippen molar-refractivity contribution in [2.45, 2.75) is 44.4 Å². The van der Waals surface area contributed by atoms with Gasteiger partial charge in [0.25, 0.3) is 0 Å². The minimum absolute atomic E-state index is 0.111. The van der Waals surface area contributed by atoms with E-state index in [1.807, 2.05) is 12.1 Å². The average Bonchev–Trinajstić information content (AvgIpc) is 3.89. The van der Waals surface area contributed by atoms with Crippen molar-refractivity contribution in [3.8, 4) is 66.8 Å². The van der Waals surface area contributed by atoms with Gasteiger partial charge < -0.3 is 4.42 Å². The summed E-state index contributed by atoms with van der Waals surface area (Å²) in [6, 6.07) is 87.1. The van der Waals surface area contributed by atoms with E-state index >= 15 is 0 Å². The van der Waals surface area contributed by atoms with Crippen LogP contribution < -0.4 is 0 Å². The van der Waals surface area contributed by atoms with Gasteiger partial charge in [0.15, 0.2) is 0 Å². The topological polar surface area (TPSA) is 13.1 Å². The molecule has 1 aromatic heterocycles. The van der Waals surface area contributed by atoms with Crippen LogP contribution in [0.3, 0.4) is 0 Å². The fourth-order valence-corrected chi connectivity index (χ4v) is 10.9. The van der Waals surface area contributed by atoms with Crippen LogP contribution in [-0.4, -0.2) is 0 Å². The molecule has 10 aromatic carbocycles. The number of aryl methyl sites for hydroxylation is 1. The summed E-state index contributed by atoms with van der Waals surface area (Å²) in [5.41, 5.74) is 23.8. The molecular weight excluding hydrogens is 821 g/mol. The molecule has 0 fully saturated rings. The molecule has 1 heteroatoms. The van der Waals surface area contributed by atoms with Gasteiger partial charge in [0.2, 0.25) is 0 Å². The molecule has 0 radical (unpaired) electrons. The molecule has 11 aromatic rings. The Kier molecular flexibility index (Phi) is 10.6. The number of hydrogen-bond donors (Lipinski definition) is 0. The van der Waals surface area contributed by atoms with Crippen molar-refractivity contribution in [3.63, 3.8) is 0 Å². The molecule has 0 spiro atoms. The van der Waals surface area contributed by atoms with Crippen molar-refractivity contribution in [1.82, 2.24) is 0 Å². The number of hydrogen-bond acceptors (Lipinski definition) is 1. The second-order valence-electron chi connectivity index (χ2n) is 19.2. The molecule has 1 aliphatic rings. The summed E-state index contributed by atoms with van der Waals surface area (Å²) in [5, 5.41) is 2.31.